The number of hydrogen-bond acceptors (Lipinski definition) is 4. The lowest BCUT2D eigenvalue weighted by atomic mass is 9.74. The van der Waals surface area contributed by atoms with Gasteiger partial charge in [0.1, 0.15) is 0 Å². The van der Waals surface area contributed by atoms with Gasteiger partial charge in [-0.2, -0.15) is 0 Å². The van der Waals surface area contributed by atoms with Crippen molar-refractivity contribution < 1.29 is 9.53 Å². The summed E-state index contributed by atoms with van der Waals surface area (Å²) < 4.78 is 5.59. The molecule has 6 heteroatoms. The van der Waals surface area contributed by atoms with E-state index in [9.17, 15) is 4.79 Å². The summed E-state index contributed by atoms with van der Waals surface area (Å²) in [6, 6.07) is 20.9. The summed E-state index contributed by atoms with van der Waals surface area (Å²) in [5.74, 6) is 0.0632. The van der Waals surface area contributed by atoms with Crippen LogP contribution in [0.2, 0.25) is 0 Å². The van der Waals surface area contributed by atoms with E-state index in [1.54, 1.807) is 0 Å². The van der Waals surface area contributed by atoms with E-state index in [0.717, 1.165) is 45.6 Å². The zero-order valence-electron chi connectivity index (χ0n) is 17.6. The predicted octanol–water partition coefficient (Wildman–Crippen LogP) is 2.78. The van der Waals surface area contributed by atoms with E-state index in [1.807, 2.05) is 24.3 Å². The Morgan fingerprint density at radius 2 is 1.63 bits per heavy atom. The molecule has 30 heavy (non-hydrogen) atoms. The number of nitrogens with one attached hydrogen (secondary N) is 1. The summed E-state index contributed by atoms with van der Waals surface area (Å²) in [6.45, 7) is 4.60. The normalized spacial score (nSPS) is 15.4. The molecule has 0 bridgehead atoms. The second kappa shape index (κ2) is 12.7. The summed E-state index contributed by atoms with van der Waals surface area (Å²) in [5.41, 5.74) is 8.29. The van der Waals surface area contributed by atoms with Crippen molar-refractivity contribution in [3.63, 3.8) is 0 Å². The molecule has 0 saturated carbocycles. The maximum absolute atomic E-state index is 12.7. The number of amides is 1. The van der Waals surface area contributed by atoms with Gasteiger partial charge in [-0.25, -0.2) is 0 Å². The Bertz CT molecular complexity index is 737. The van der Waals surface area contributed by atoms with Gasteiger partial charge in [0.25, 0.3) is 0 Å². The van der Waals surface area contributed by atoms with E-state index in [4.69, 9.17) is 10.5 Å². The number of carbonyl (C=O) groups excluding carboxylic acids is 1. The van der Waals surface area contributed by atoms with Crippen molar-refractivity contribution in [3.05, 3.63) is 71.8 Å². The number of halogens is 1. The first-order valence-electron chi connectivity index (χ1n) is 10.6. The molecule has 2 aromatic carbocycles. The molecule has 3 N–H and O–H groups in total. The summed E-state index contributed by atoms with van der Waals surface area (Å²) >= 11 is 0. The molecule has 2 aromatic rings. The predicted molar refractivity (Wildman–Crippen MR) is 124 cm³/mol. The molecule has 1 aliphatic rings. The van der Waals surface area contributed by atoms with Crippen LogP contribution in [0, 0.1) is 0 Å². The number of rotatable bonds is 10. The van der Waals surface area contributed by atoms with Crippen molar-refractivity contribution >= 4 is 18.3 Å². The average Bonchev–Trinajstić information content (AvgIpc) is 2.78. The van der Waals surface area contributed by atoms with Crippen LogP contribution in [0.4, 0.5) is 0 Å². The fourth-order valence-electron chi connectivity index (χ4n) is 4.03. The first kappa shape index (κ1) is 24.4. The summed E-state index contributed by atoms with van der Waals surface area (Å²) in [4.78, 5) is 14.9. The lowest BCUT2D eigenvalue weighted by molar-refractivity contribution is -0.122. The number of nitrogens with two attached hydrogens (primary N) is 1. The maximum atomic E-state index is 12.7. The summed E-state index contributed by atoms with van der Waals surface area (Å²) in [6.07, 6.45) is 2.77. The second-order valence-electron chi connectivity index (χ2n) is 7.84. The van der Waals surface area contributed by atoms with Crippen LogP contribution >= 0.6 is 12.4 Å². The van der Waals surface area contributed by atoms with Gasteiger partial charge in [-0.1, -0.05) is 60.7 Å². The molecule has 1 amide bonds. The summed E-state index contributed by atoms with van der Waals surface area (Å²) in [7, 11) is 0. The van der Waals surface area contributed by atoms with Gasteiger partial charge in [0.15, 0.2) is 0 Å². The third kappa shape index (κ3) is 7.10. The Balaban J connectivity index is 0.00000320. The van der Waals surface area contributed by atoms with Crippen LogP contribution in [0.1, 0.15) is 24.0 Å². The third-order valence-electron chi connectivity index (χ3n) is 5.83. The number of benzene rings is 2. The second-order valence-corrected chi connectivity index (χ2v) is 7.84. The van der Waals surface area contributed by atoms with Crippen molar-refractivity contribution in [1.29, 1.82) is 0 Å². The first-order valence-corrected chi connectivity index (χ1v) is 10.6. The molecule has 1 saturated heterocycles. The van der Waals surface area contributed by atoms with Gasteiger partial charge in [-0.15, -0.1) is 12.4 Å². The van der Waals surface area contributed by atoms with Crippen LogP contribution in [0.15, 0.2) is 60.7 Å². The van der Waals surface area contributed by atoms with Crippen LogP contribution < -0.4 is 11.1 Å². The number of nitrogens with zero attached hydrogens (tertiary/aromatic N) is 1. The van der Waals surface area contributed by atoms with Gasteiger partial charge in [-0.05, 0) is 30.4 Å². The largest absolute Gasteiger partial charge is 0.381 e. The van der Waals surface area contributed by atoms with Crippen molar-refractivity contribution in [2.75, 3.05) is 45.9 Å². The topological polar surface area (TPSA) is 67.6 Å². The Morgan fingerprint density at radius 3 is 2.27 bits per heavy atom. The molecule has 0 aliphatic carbocycles. The van der Waals surface area contributed by atoms with E-state index >= 15 is 0 Å². The minimum atomic E-state index is -0.0437. The van der Waals surface area contributed by atoms with E-state index in [2.05, 4.69) is 46.6 Å². The monoisotopic (exact) mass is 431 g/mol. The highest BCUT2D eigenvalue weighted by atomic mass is 35.5. The molecule has 3 rings (SSSR count). The molecule has 0 atom stereocenters. The van der Waals surface area contributed by atoms with Crippen LogP contribution in [0.25, 0.3) is 0 Å². The van der Waals surface area contributed by atoms with Crippen LogP contribution in [0.5, 0.6) is 0 Å². The van der Waals surface area contributed by atoms with E-state index in [0.29, 0.717) is 19.6 Å². The fraction of sp³-hybridized carbons (Fsp3) is 0.458. The van der Waals surface area contributed by atoms with Crippen molar-refractivity contribution in [3.8, 4) is 0 Å². The smallest absolute Gasteiger partial charge is 0.234 e. The van der Waals surface area contributed by atoms with Crippen LogP contribution in [-0.4, -0.2) is 56.7 Å². The van der Waals surface area contributed by atoms with E-state index in [-0.39, 0.29) is 23.7 Å². The Morgan fingerprint density at radius 1 is 1.00 bits per heavy atom. The molecule has 1 fully saturated rings. The highest BCUT2D eigenvalue weighted by Crippen LogP contribution is 2.34. The minimum Gasteiger partial charge on any atom is -0.381 e. The molecule has 0 unspecified atom stereocenters. The molecule has 5 nitrogen and oxygen atoms in total. The van der Waals surface area contributed by atoms with Gasteiger partial charge in [0, 0.05) is 44.8 Å². The molecule has 1 aliphatic heterocycles. The Kier molecular flexibility index (Phi) is 10.3. The molecule has 1 heterocycles. The Hall–Kier alpha value is -1.92. The lowest BCUT2D eigenvalue weighted by Gasteiger charge is -2.38. The lowest BCUT2D eigenvalue weighted by Crippen LogP contribution is -2.47. The van der Waals surface area contributed by atoms with Crippen molar-refractivity contribution in [2.24, 2.45) is 5.73 Å². The van der Waals surface area contributed by atoms with Crippen LogP contribution in [0.3, 0.4) is 0 Å². The molecule has 164 valence electrons. The number of ether oxygens (including phenoxy) is 1. The Labute approximate surface area is 186 Å². The highest BCUT2D eigenvalue weighted by molar-refractivity contribution is 5.85. The minimum absolute atomic E-state index is 0. The van der Waals surface area contributed by atoms with Gasteiger partial charge in [0.2, 0.25) is 5.91 Å². The first-order chi connectivity index (χ1) is 14.2. The zero-order valence-corrected chi connectivity index (χ0v) is 18.4. The fourth-order valence-corrected chi connectivity index (χ4v) is 4.03. The summed E-state index contributed by atoms with van der Waals surface area (Å²) in [5, 5.41) is 3.20. The van der Waals surface area contributed by atoms with E-state index < -0.39 is 0 Å². The number of hydrogen-bond donors (Lipinski definition) is 2. The standard InChI is InChI=1S/C24H33N3O2.ClH/c25-14-16-27(15-11-21-7-3-1-4-8-21)19-23(28)26-20-24(12-17-29-18-13-24)22-9-5-2-6-10-22;/h1-10H,11-20,25H2,(H,26,28);1H. The highest BCUT2D eigenvalue weighted by Gasteiger charge is 2.34. The molecular weight excluding hydrogens is 398 g/mol. The maximum Gasteiger partial charge on any atom is 0.234 e. The zero-order chi connectivity index (χ0) is 20.4. The van der Waals surface area contributed by atoms with Gasteiger partial charge in [0.05, 0.1) is 6.54 Å². The molecule has 0 radical (unpaired) electrons. The SMILES string of the molecule is Cl.NCCN(CCc1ccccc1)CC(=O)NCC1(c2ccccc2)CCOCC1. The molecular formula is C24H34ClN3O2. The van der Waals surface area contributed by atoms with Gasteiger partial charge < -0.3 is 15.8 Å². The molecule has 0 aromatic heterocycles. The quantitative estimate of drug-likeness (QED) is 0.607. The van der Waals surface area contributed by atoms with Crippen LogP contribution in [-0.2, 0) is 21.4 Å². The van der Waals surface area contributed by atoms with Crippen molar-refractivity contribution in [2.45, 2.75) is 24.7 Å². The average molecular weight is 432 g/mol. The van der Waals surface area contributed by atoms with Crippen molar-refractivity contribution in [1.82, 2.24) is 10.2 Å². The van der Waals surface area contributed by atoms with Gasteiger partial charge in [-0.3, -0.25) is 9.69 Å². The third-order valence-corrected chi connectivity index (χ3v) is 5.83. The van der Waals surface area contributed by atoms with E-state index in [1.165, 1.54) is 11.1 Å². The molecule has 0 spiro atoms. The number of carbonyl (C=O) groups is 1. The van der Waals surface area contributed by atoms with Gasteiger partial charge >= 0.3 is 0 Å².